The van der Waals surface area contributed by atoms with Gasteiger partial charge in [0.2, 0.25) is 0 Å². The van der Waals surface area contributed by atoms with Gasteiger partial charge in [-0.3, -0.25) is 0 Å². The molecule has 1 aromatic heterocycles. The Balaban J connectivity index is 3.47. The van der Waals surface area contributed by atoms with E-state index in [1.54, 1.807) is 11.3 Å². The third kappa shape index (κ3) is 1.87. The van der Waals surface area contributed by atoms with Gasteiger partial charge in [0.05, 0.1) is 0 Å². The zero-order chi connectivity index (χ0) is 8.97. The van der Waals surface area contributed by atoms with Crippen LogP contribution in [0.3, 0.4) is 0 Å². The average molecular weight is 243 g/mol. The molecule has 12 heavy (non-hydrogen) atoms. The molecular formula is C10H11BrS. The van der Waals surface area contributed by atoms with E-state index in [0.29, 0.717) is 0 Å². The first-order valence-corrected chi connectivity index (χ1v) is 5.75. The van der Waals surface area contributed by atoms with Gasteiger partial charge in [0.15, 0.2) is 0 Å². The van der Waals surface area contributed by atoms with Crippen LogP contribution in [0.4, 0.5) is 0 Å². The Bertz CT molecular complexity index is 373. The summed E-state index contributed by atoms with van der Waals surface area (Å²) in [6.07, 6.45) is 6.02. The van der Waals surface area contributed by atoms with Crippen molar-refractivity contribution in [2.45, 2.75) is 12.3 Å². The molecule has 0 bridgehead atoms. The van der Waals surface area contributed by atoms with Crippen LogP contribution in [0.5, 0.6) is 0 Å². The molecule has 0 saturated carbocycles. The zero-order valence-corrected chi connectivity index (χ0v) is 9.41. The van der Waals surface area contributed by atoms with Crippen LogP contribution in [0.1, 0.15) is 12.5 Å². The maximum absolute atomic E-state index is 3.71. The van der Waals surface area contributed by atoms with Gasteiger partial charge in [0.1, 0.15) is 0 Å². The first kappa shape index (κ1) is 9.75. The highest BCUT2D eigenvalue weighted by molar-refractivity contribution is 9.08. The molecule has 0 atom stereocenters. The SMILES string of the molecule is C=C/C=c1/c(CBr)cs/c1=C/C. The summed E-state index contributed by atoms with van der Waals surface area (Å²) in [7, 11) is 0. The monoisotopic (exact) mass is 242 g/mol. The molecule has 0 aliphatic heterocycles. The van der Waals surface area contributed by atoms with Crippen molar-refractivity contribution in [1.29, 1.82) is 0 Å². The van der Waals surface area contributed by atoms with Crippen LogP contribution in [0.25, 0.3) is 12.2 Å². The summed E-state index contributed by atoms with van der Waals surface area (Å²) in [5, 5.41) is 4.39. The lowest BCUT2D eigenvalue weighted by molar-refractivity contribution is 1.43. The molecule has 0 aliphatic carbocycles. The topological polar surface area (TPSA) is 0 Å². The van der Waals surface area contributed by atoms with Crippen LogP contribution in [-0.2, 0) is 5.33 Å². The highest BCUT2D eigenvalue weighted by atomic mass is 79.9. The van der Waals surface area contributed by atoms with Gasteiger partial charge in [-0.05, 0) is 23.1 Å². The quantitative estimate of drug-likeness (QED) is 0.700. The molecule has 0 fully saturated rings. The number of rotatable bonds is 2. The molecule has 2 heteroatoms. The largest absolute Gasteiger partial charge is 0.144 e. The van der Waals surface area contributed by atoms with Crippen molar-refractivity contribution in [1.82, 2.24) is 0 Å². The molecule has 1 aromatic rings. The standard InChI is InChI=1S/C10H11BrS/c1-3-5-9-8(6-11)7-12-10(9)4-2/h3-5,7H,1,6H2,2H3/b9-5-,10-4+. The van der Waals surface area contributed by atoms with Crippen LogP contribution in [0.2, 0.25) is 0 Å². The zero-order valence-electron chi connectivity index (χ0n) is 7.01. The van der Waals surface area contributed by atoms with Crippen LogP contribution < -0.4 is 9.75 Å². The lowest BCUT2D eigenvalue weighted by atomic mass is 10.2. The van der Waals surface area contributed by atoms with E-state index in [4.69, 9.17) is 0 Å². The predicted octanol–water partition coefficient (Wildman–Crippen LogP) is 2.41. The second-order valence-corrected chi connectivity index (χ2v) is 3.84. The van der Waals surface area contributed by atoms with E-state index in [9.17, 15) is 0 Å². The van der Waals surface area contributed by atoms with Crippen LogP contribution in [-0.4, -0.2) is 0 Å². The number of alkyl halides is 1. The number of allylic oxidation sites excluding steroid dienone is 1. The Hall–Kier alpha value is -0.340. The van der Waals surface area contributed by atoms with Gasteiger partial charge in [-0.25, -0.2) is 0 Å². The lowest BCUT2D eigenvalue weighted by Gasteiger charge is -1.85. The van der Waals surface area contributed by atoms with E-state index in [2.05, 4.69) is 47.0 Å². The molecule has 64 valence electrons. The van der Waals surface area contributed by atoms with Crippen molar-refractivity contribution in [2.75, 3.05) is 0 Å². The van der Waals surface area contributed by atoms with Gasteiger partial charge < -0.3 is 0 Å². The molecule has 0 spiro atoms. The molecule has 0 nitrogen and oxygen atoms in total. The molecular weight excluding hydrogens is 232 g/mol. The number of thiophene rings is 1. The van der Waals surface area contributed by atoms with Crippen molar-refractivity contribution in [3.8, 4) is 0 Å². The minimum Gasteiger partial charge on any atom is -0.144 e. The van der Waals surface area contributed by atoms with Crippen LogP contribution in [0.15, 0.2) is 18.0 Å². The fraction of sp³-hybridized carbons (Fsp3) is 0.200. The highest BCUT2D eigenvalue weighted by Gasteiger charge is 1.95. The normalized spacial score (nSPS) is 13.8. The van der Waals surface area contributed by atoms with Gasteiger partial charge >= 0.3 is 0 Å². The predicted molar refractivity (Wildman–Crippen MR) is 61.0 cm³/mol. The van der Waals surface area contributed by atoms with E-state index >= 15 is 0 Å². The van der Waals surface area contributed by atoms with E-state index < -0.39 is 0 Å². The van der Waals surface area contributed by atoms with Gasteiger partial charge in [-0.1, -0.05) is 40.7 Å². The van der Waals surface area contributed by atoms with Crippen LogP contribution >= 0.6 is 27.3 Å². The molecule has 0 radical (unpaired) electrons. The summed E-state index contributed by atoms with van der Waals surface area (Å²) in [6, 6.07) is 0. The van der Waals surface area contributed by atoms with E-state index in [1.807, 2.05) is 6.08 Å². The summed E-state index contributed by atoms with van der Waals surface area (Å²) in [6.45, 7) is 5.77. The fourth-order valence-corrected chi connectivity index (χ4v) is 2.67. The van der Waals surface area contributed by atoms with Crippen LogP contribution in [0, 0.1) is 0 Å². The minimum atomic E-state index is 0.914. The molecule has 0 unspecified atom stereocenters. The summed E-state index contributed by atoms with van der Waals surface area (Å²) >= 11 is 5.24. The van der Waals surface area contributed by atoms with E-state index in [1.165, 1.54) is 15.3 Å². The first-order valence-electron chi connectivity index (χ1n) is 3.75. The third-order valence-corrected chi connectivity index (χ3v) is 3.35. The van der Waals surface area contributed by atoms with Gasteiger partial charge in [-0.15, -0.1) is 11.3 Å². The minimum absolute atomic E-state index is 0.914. The van der Waals surface area contributed by atoms with E-state index in [-0.39, 0.29) is 0 Å². The summed E-state index contributed by atoms with van der Waals surface area (Å²) in [5.41, 5.74) is 1.34. The van der Waals surface area contributed by atoms with E-state index in [0.717, 1.165) is 5.33 Å². The average Bonchev–Trinajstić information content (AvgIpc) is 2.48. The lowest BCUT2D eigenvalue weighted by Crippen LogP contribution is -2.20. The van der Waals surface area contributed by atoms with Gasteiger partial charge in [0, 0.05) is 9.86 Å². The molecule has 0 amide bonds. The number of halogens is 1. The Kier molecular flexibility index (Phi) is 3.76. The Morgan fingerprint density at radius 1 is 1.67 bits per heavy atom. The summed E-state index contributed by atoms with van der Waals surface area (Å²) in [4.78, 5) is 0. The van der Waals surface area contributed by atoms with Crippen molar-refractivity contribution in [2.24, 2.45) is 0 Å². The molecule has 0 N–H and O–H groups in total. The maximum atomic E-state index is 3.71. The highest BCUT2D eigenvalue weighted by Crippen LogP contribution is 2.00. The third-order valence-electron chi connectivity index (χ3n) is 1.63. The fourth-order valence-electron chi connectivity index (χ4n) is 1.05. The Morgan fingerprint density at radius 3 is 2.92 bits per heavy atom. The maximum Gasteiger partial charge on any atom is 0.0303 e. The first-order chi connectivity index (χ1) is 5.83. The number of hydrogen-bond acceptors (Lipinski definition) is 1. The van der Waals surface area contributed by atoms with Gasteiger partial charge in [0.25, 0.3) is 0 Å². The van der Waals surface area contributed by atoms with Gasteiger partial charge in [-0.2, -0.15) is 0 Å². The summed E-state index contributed by atoms with van der Waals surface area (Å²) < 4.78 is 1.32. The second kappa shape index (κ2) is 4.63. The summed E-state index contributed by atoms with van der Waals surface area (Å²) in [5.74, 6) is 0. The second-order valence-electron chi connectivity index (χ2n) is 2.36. The number of hydrogen-bond donors (Lipinski definition) is 0. The molecule has 1 heterocycles. The van der Waals surface area contributed by atoms with Crippen molar-refractivity contribution < 1.29 is 0 Å². The molecule has 1 rings (SSSR count). The van der Waals surface area contributed by atoms with Crippen molar-refractivity contribution in [3.05, 3.63) is 33.3 Å². The Labute approximate surface area is 85.1 Å². The molecule has 0 aliphatic rings. The molecule has 0 saturated heterocycles. The van der Waals surface area contributed by atoms with Crippen molar-refractivity contribution >= 4 is 39.4 Å². The smallest absolute Gasteiger partial charge is 0.0303 e. The molecule has 0 aromatic carbocycles. The Morgan fingerprint density at radius 2 is 2.42 bits per heavy atom. The van der Waals surface area contributed by atoms with Crippen molar-refractivity contribution in [3.63, 3.8) is 0 Å².